The Morgan fingerprint density at radius 3 is 2.67 bits per heavy atom. The number of fused-ring (bicyclic) bond motifs is 1. The van der Waals surface area contributed by atoms with Gasteiger partial charge in [0.2, 0.25) is 0 Å². The van der Waals surface area contributed by atoms with Crippen molar-refractivity contribution in [2.24, 2.45) is 0 Å². The Bertz CT molecular complexity index is 475. The van der Waals surface area contributed by atoms with Gasteiger partial charge in [-0.1, -0.05) is 26.8 Å². The molecule has 0 aliphatic heterocycles. The van der Waals surface area contributed by atoms with Gasteiger partial charge >= 0.3 is 0 Å². The van der Waals surface area contributed by atoms with Crippen molar-refractivity contribution in [1.82, 2.24) is 9.97 Å². The average molecular weight is 200 g/mol. The lowest BCUT2D eigenvalue weighted by Crippen LogP contribution is -1.95. The minimum absolute atomic E-state index is 0.437. The smallest absolute Gasteiger partial charge is 0.0892 e. The highest BCUT2D eigenvalue weighted by Gasteiger charge is 2.03. The molecule has 15 heavy (non-hydrogen) atoms. The molecular formula is C13H16N2. The van der Waals surface area contributed by atoms with Crippen molar-refractivity contribution in [3.63, 3.8) is 0 Å². The number of nitrogens with zero attached hydrogens (tertiary/aromatic N) is 2. The molecule has 0 aliphatic carbocycles. The molecule has 0 spiro atoms. The first-order valence-electron chi connectivity index (χ1n) is 5.46. The SMILES string of the molecule is CCc1ccc2ncc(C(C)C)nc2c1. The summed E-state index contributed by atoms with van der Waals surface area (Å²) in [6.45, 7) is 6.43. The van der Waals surface area contributed by atoms with Crippen molar-refractivity contribution < 1.29 is 0 Å². The van der Waals surface area contributed by atoms with E-state index in [2.05, 4.69) is 42.9 Å². The quantitative estimate of drug-likeness (QED) is 0.743. The highest BCUT2D eigenvalue weighted by Crippen LogP contribution is 2.16. The number of hydrogen-bond acceptors (Lipinski definition) is 2. The molecule has 0 radical (unpaired) electrons. The second-order valence-electron chi connectivity index (χ2n) is 4.13. The summed E-state index contributed by atoms with van der Waals surface area (Å²) in [5.41, 5.74) is 4.38. The molecule has 0 aliphatic rings. The molecule has 1 aromatic carbocycles. The lowest BCUT2D eigenvalue weighted by atomic mass is 10.1. The monoisotopic (exact) mass is 200 g/mol. The molecule has 1 heterocycles. The van der Waals surface area contributed by atoms with E-state index in [0.29, 0.717) is 5.92 Å². The molecular weight excluding hydrogens is 184 g/mol. The first-order chi connectivity index (χ1) is 7.20. The van der Waals surface area contributed by atoms with E-state index in [1.54, 1.807) is 0 Å². The maximum atomic E-state index is 4.62. The zero-order valence-corrected chi connectivity index (χ0v) is 9.49. The Balaban J connectivity index is 2.57. The average Bonchev–Trinajstić information content (AvgIpc) is 2.27. The van der Waals surface area contributed by atoms with E-state index in [0.717, 1.165) is 23.1 Å². The number of hydrogen-bond donors (Lipinski definition) is 0. The van der Waals surface area contributed by atoms with Crippen LogP contribution in [0.3, 0.4) is 0 Å². The fourth-order valence-corrected chi connectivity index (χ4v) is 1.57. The summed E-state index contributed by atoms with van der Waals surface area (Å²) in [4.78, 5) is 9.04. The van der Waals surface area contributed by atoms with Gasteiger partial charge in [-0.25, -0.2) is 4.98 Å². The molecule has 0 fully saturated rings. The van der Waals surface area contributed by atoms with Crippen molar-refractivity contribution in [2.45, 2.75) is 33.1 Å². The first kappa shape index (κ1) is 10.1. The van der Waals surface area contributed by atoms with Crippen LogP contribution in [0.4, 0.5) is 0 Å². The number of rotatable bonds is 2. The van der Waals surface area contributed by atoms with Crippen LogP contribution < -0.4 is 0 Å². The molecule has 2 aromatic rings. The predicted octanol–water partition coefficient (Wildman–Crippen LogP) is 3.32. The Kier molecular flexibility index (Phi) is 2.67. The van der Waals surface area contributed by atoms with Crippen LogP contribution in [0.25, 0.3) is 11.0 Å². The summed E-state index contributed by atoms with van der Waals surface area (Å²) in [5.74, 6) is 0.437. The van der Waals surface area contributed by atoms with Gasteiger partial charge in [0.15, 0.2) is 0 Å². The van der Waals surface area contributed by atoms with Crippen LogP contribution in [0.15, 0.2) is 24.4 Å². The number of aromatic nitrogens is 2. The third-order valence-corrected chi connectivity index (χ3v) is 2.63. The molecule has 0 bridgehead atoms. The van der Waals surface area contributed by atoms with Gasteiger partial charge in [-0.2, -0.15) is 0 Å². The van der Waals surface area contributed by atoms with Gasteiger partial charge in [-0.05, 0) is 30.0 Å². The summed E-state index contributed by atoms with van der Waals surface area (Å²) in [6, 6.07) is 6.30. The largest absolute Gasteiger partial charge is 0.253 e. The standard InChI is InChI=1S/C13H16N2/c1-4-10-5-6-11-12(7-10)15-13(8-14-11)9(2)3/h5-9H,4H2,1-3H3. The molecule has 2 rings (SSSR count). The summed E-state index contributed by atoms with van der Waals surface area (Å²) in [7, 11) is 0. The molecule has 0 N–H and O–H groups in total. The molecule has 78 valence electrons. The zero-order chi connectivity index (χ0) is 10.8. The second kappa shape index (κ2) is 3.97. The molecule has 0 saturated carbocycles. The van der Waals surface area contributed by atoms with Gasteiger partial charge < -0.3 is 0 Å². The van der Waals surface area contributed by atoms with Crippen LogP contribution in [0.1, 0.15) is 37.9 Å². The predicted molar refractivity (Wildman–Crippen MR) is 63.0 cm³/mol. The van der Waals surface area contributed by atoms with Gasteiger partial charge in [0, 0.05) is 6.20 Å². The van der Waals surface area contributed by atoms with Crippen LogP contribution >= 0.6 is 0 Å². The van der Waals surface area contributed by atoms with Crippen molar-refractivity contribution in [1.29, 1.82) is 0 Å². The summed E-state index contributed by atoms with van der Waals surface area (Å²) >= 11 is 0. The topological polar surface area (TPSA) is 25.8 Å². The van der Waals surface area contributed by atoms with Crippen molar-refractivity contribution >= 4 is 11.0 Å². The van der Waals surface area contributed by atoms with Gasteiger partial charge in [-0.3, -0.25) is 4.98 Å². The fourth-order valence-electron chi connectivity index (χ4n) is 1.57. The third kappa shape index (κ3) is 1.99. The maximum absolute atomic E-state index is 4.62. The summed E-state index contributed by atoms with van der Waals surface area (Å²) < 4.78 is 0. The molecule has 2 heteroatoms. The Morgan fingerprint density at radius 2 is 2.00 bits per heavy atom. The molecule has 2 nitrogen and oxygen atoms in total. The van der Waals surface area contributed by atoms with Gasteiger partial charge in [0.1, 0.15) is 0 Å². The van der Waals surface area contributed by atoms with Gasteiger partial charge in [0.05, 0.1) is 16.7 Å². The molecule has 0 unspecified atom stereocenters. The van der Waals surface area contributed by atoms with E-state index >= 15 is 0 Å². The van der Waals surface area contributed by atoms with Crippen LogP contribution in [-0.2, 0) is 6.42 Å². The maximum Gasteiger partial charge on any atom is 0.0892 e. The van der Waals surface area contributed by atoms with Crippen LogP contribution in [0.5, 0.6) is 0 Å². The number of benzene rings is 1. The third-order valence-electron chi connectivity index (χ3n) is 2.63. The summed E-state index contributed by atoms with van der Waals surface area (Å²) in [6.07, 6.45) is 2.92. The Hall–Kier alpha value is -1.44. The minimum Gasteiger partial charge on any atom is -0.253 e. The number of aryl methyl sites for hydroxylation is 1. The van der Waals surface area contributed by atoms with E-state index < -0.39 is 0 Å². The lowest BCUT2D eigenvalue weighted by Gasteiger charge is -2.05. The normalized spacial score (nSPS) is 11.2. The van der Waals surface area contributed by atoms with E-state index in [-0.39, 0.29) is 0 Å². The van der Waals surface area contributed by atoms with E-state index in [9.17, 15) is 0 Å². The van der Waals surface area contributed by atoms with E-state index in [4.69, 9.17) is 0 Å². The van der Waals surface area contributed by atoms with Gasteiger partial charge in [0.25, 0.3) is 0 Å². The van der Waals surface area contributed by atoms with Crippen molar-refractivity contribution in [3.05, 3.63) is 35.7 Å². The van der Waals surface area contributed by atoms with Crippen LogP contribution in [0, 0.1) is 0 Å². The van der Waals surface area contributed by atoms with Crippen LogP contribution in [-0.4, -0.2) is 9.97 Å². The van der Waals surface area contributed by atoms with Crippen LogP contribution in [0.2, 0.25) is 0 Å². The first-order valence-corrected chi connectivity index (χ1v) is 5.46. The lowest BCUT2D eigenvalue weighted by molar-refractivity contribution is 0.821. The van der Waals surface area contributed by atoms with Crippen molar-refractivity contribution in [3.8, 4) is 0 Å². The zero-order valence-electron chi connectivity index (χ0n) is 9.49. The molecule has 0 saturated heterocycles. The molecule has 1 aromatic heterocycles. The highest BCUT2D eigenvalue weighted by molar-refractivity contribution is 5.74. The highest BCUT2D eigenvalue weighted by atomic mass is 14.8. The summed E-state index contributed by atoms with van der Waals surface area (Å²) in [5, 5.41) is 0. The second-order valence-corrected chi connectivity index (χ2v) is 4.13. The van der Waals surface area contributed by atoms with Crippen molar-refractivity contribution in [2.75, 3.05) is 0 Å². The fraction of sp³-hybridized carbons (Fsp3) is 0.385. The van der Waals surface area contributed by atoms with E-state index in [1.807, 2.05) is 12.3 Å². The van der Waals surface area contributed by atoms with Gasteiger partial charge in [-0.15, -0.1) is 0 Å². The Morgan fingerprint density at radius 1 is 1.20 bits per heavy atom. The Labute approximate surface area is 90.4 Å². The minimum atomic E-state index is 0.437. The van der Waals surface area contributed by atoms with E-state index in [1.165, 1.54) is 5.56 Å². The molecule has 0 atom stereocenters. The molecule has 0 amide bonds.